The summed E-state index contributed by atoms with van der Waals surface area (Å²) in [6, 6.07) is 12.8. The molecule has 0 atom stereocenters. The molecule has 1 aliphatic rings. The number of aromatic amines is 1. The van der Waals surface area contributed by atoms with E-state index in [1.54, 1.807) is 18.2 Å². The van der Waals surface area contributed by atoms with Gasteiger partial charge in [-0.05, 0) is 30.7 Å². The summed E-state index contributed by atoms with van der Waals surface area (Å²) in [4.78, 5) is 17.9. The molecule has 1 aromatic heterocycles. The molecule has 0 bridgehead atoms. The number of carbonyl (C=O) groups is 1. The molecule has 2 heterocycles. The number of amides is 1. The van der Waals surface area contributed by atoms with Gasteiger partial charge in [0.25, 0.3) is 0 Å². The molecule has 2 aromatic carbocycles. The van der Waals surface area contributed by atoms with Crippen LogP contribution in [0.4, 0.5) is 4.39 Å². The van der Waals surface area contributed by atoms with Gasteiger partial charge >= 0.3 is 0 Å². The maximum Gasteiger partial charge on any atom is 0.227 e. The third kappa shape index (κ3) is 2.58. The minimum atomic E-state index is -0.314. The Labute approximate surface area is 140 Å². The highest BCUT2D eigenvalue weighted by Crippen LogP contribution is 2.28. The number of nitrogens with zero attached hydrogens (tertiary/aromatic N) is 1. The number of carbonyl (C=O) groups excluding carboxylic acids is 1. The molecule has 3 aromatic rings. The standard InChI is InChI=1S/C20H19FN2O/c1-13-6-7-18-15(10-13)16-12-23(9-8-19(16)22-18)20(24)11-14-4-2-3-5-17(14)21/h2-7,10,22H,8-9,11-12H2,1H3. The van der Waals surface area contributed by atoms with Gasteiger partial charge in [0, 0.05) is 41.7 Å². The van der Waals surface area contributed by atoms with Crippen LogP contribution in [0.1, 0.15) is 22.4 Å². The molecular formula is C20H19FN2O. The lowest BCUT2D eigenvalue weighted by molar-refractivity contribution is -0.131. The lowest BCUT2D eigenvalue weighted by Crippen LogP contribution is -2.36. The van der Waals surface area contributed by atoms with Crippen LogP contribution in [0.2, 0.25) is 0 Å². The van der Waals surface area contributed by atoms with Crippen LogP contribution in [0, 0.1) is 12.7 Å². The number of nitrogens with one attached hydrogen (secondary N) is 1. The van der Waals surface area contributed by atoms with E-state index in [1.807, 2.05) is 4.90 Å². The van der Waals surface area contributed by atoms with Gasteiger partial charge in [0.05, 0.1) is 6.42 Å². The molecular weight excluding hydrogens is 303 g/mol. The predicted octanol–water partition coefficient (Wildman–Crippen LogP) is 3.74. The molecule has 0 aliphatic carbocycles. The monoisotopic (exact) mass is 322 g/mol. The van der Waals surface area contributed by atoms with Crippen molar-refractivity contribution in [3.05, 3.63) is 70.7 Å². The van der Waals surface area contributed by atoms with Gasteiger partial charge in [-0.2, -0.15) is 0 Å². The molecule has 4 rings (SSSR count). The zero-order valence-corrected chi connectivity index (χ0v) is 13.6. The number of hydrogen-bond acceptors (Lipinski definition) is 1. The van der Waals surface area contributed by atoms with Crippen molar-refractivity contribution in [2.45, 2.75) is 26.3 Å². The number of aryl methyl sites for hydroxylation is 1. The minimum Gasteiger partial charge on any atom is -0.358 e. The van der Waals surface area contributed by atoms with Crippen molar-refractivity contribution >= 4 is 16.8 Å². The van der Waals surface area contributed by atoms with Crippen molar-refractivity contribution in [2.75, 3.05) is 6.54 Å². The average molecular weight is 322 g/mol. The van der Waals surface area contributed by atoms with Gasteiger partial charge in [0.2, 0.25) is 5.91 Å². The molecule has 122 valence electrons. The van der Waals surface area contributed by atoms with E-state index in [0.29, 0.717) is 18.7 Å². The summed E-state index contributed by atoms with van der Waals surface area (Å²) in [6.45, 7) is 3.33. The second kappa shape index (κ2) is 5.78. The fourth-order valence-electron chi connectivity index (χ4n) is 3.46. The van der Waals surface area contributed by atoms with Crippen molar-refractivity contribution in [1.29, 1.82) is 0 Å². The van der Waals surface area contributed by atoms with E-state index in [-0.39, 0.29) is 18.1 Å². The summed E-state index contributed by atoms with van der Waals surface area (Å²) in [5.74, 6) is -0.334. The smallest absolute Gasteiger partial charge is 0.227 e. The summed E-state index contributed by atoms with van der Waals surface area (Å²) in [5, 5.41) is 1.19. The highest BCUT2D eigenvalue weighted by molar-refractivity contribution is 5.87. The summed E-state index contributed by atoms with van der Waals surface area (Å²) in [5.41, 5.74) is 5.20. The van der Waals surface area contributed by atoms with Gasteiger partial charge in [0.1, 0.15) is 5.82 Å². The van der Waals surface area contributed by atoms with Gasteiger partial charge in [0.15, 0.2) is 0 Å². The van der Waals surface area contributed by atoms with Crippen LogP contribution in [0.5, 0.6) is 0 Å². The Kier molecular flexibility index (Phi) is 3.60. The zero-order valence-electron chi connectivity index (χ0n) is 13.6. The SMILES string of the molecule is Cc1ccc2[nH]c3c(c2c1)CN(C(=O)Cc1ccccc1F)CC3. The maximum absolute atomic E-state index is 13.8. The molecule has 1 amide bonds. The average Bonchev–Trinajstić information content (AvgIpc) is 2.94. The molecule has 1 aliphatic heterocycles. The normalized spacial score (nSPS) is 14.0. The van der Waals surface area contributed by atoms with Crippen molar-refractivity contribution in [3.8, 4) is 0 Å². The van der Waals surface area contributed by atoms with E-state index in [1.165, 1.54) is 28.3 Å². The van der Waals surface area contributed by atoms with Gasteiger partial charge in [-0.3, -0.25) is 4.79 Å². The Morgan fingerprint density at radius 2 is 2.08 bits per heavy atom. The van der Waals surface area contributed by atoms with Crippen molar-refractivity contribution in [2.24, 2.45) is 0 Å². The van der Waals surface area contributed by atoms with Crippen LogP contribution in [0.15, 0.2) is 42.5 Å². The van der Waals surface area contributed by atoms with E-state index >= 15 is 0 Å². The summed E-state index contributed by atoms with van der Waals surface area (Å²) < 4.78 is 13.8. The number of rotatable bonds is 2. The van der Waals surface area contributed by atoms with Crippen LogP contribution in [-0.4, -0.2) is 22.3 Å². The molecule has 0 fully saturated rings. The van der Waals surface area contributed by atoms with Crippen LogP contribution >= 0.6 is 0 Å². The third-order valence-electron chi connectivity index (χ3n) is 4.78. The quantitative estimate of drug-likeness (QED) is 0.766. The van der Waals surface area contributed by atoms with E-state index in [0.717, 1.165) is 11.9 Å². The van der Waals surface area contributed by atoms with Crippen LogP contribution < -0.4 is 0 Å². The van der Waals surface area contributed by atoms with Gasteiger partial charge in [-0.25, -0.2) is 4.39 Å². The molecule has 24 heavy (non-hydrogen) atoms. The number of halogens is 1. The molecule has 0 saturated carbocycles. The van der Waals surface area contributed by atoms with Crippen LogP contribution in [0.25, 0.3) is 10.9 Å². The minimum absolute atomic E-state index is 0.0206. The number of hydrogen-bond donors (Lipinski definition) is 1. The Morgan fingerprint density at radius 3 is 2.92 bits per heavy atom. The Bertz CT molecular complexity index is 929. The Morgan fingerprint density at radius 1 is 1.25 bits per heavy atom. The summed E-state index contributed by atoms with van der Waals surface area (Å²) >= 11 is 0. The van der Waals surface area contributed by atoms with Gasteiger partial charge in [-0.15, -0.1) is 0 Å². The fourth-order valence-corrected chi connectivity index (χ4v) is 3.46. The predicted molar refractivity (Wildman–Crippen MR) is 92.3 cm³/mol. The Balaban J connectivity index is 1.59. The highest BCUT2D eigenvalue weighted by Gasteiger charge is 2.24. The molecule has 0 spiro atoms. The zero-order chi connectivity index (χ0) is 16.7. The second-order valence-corrected chi connectivity index (χ2v) is 6.46. The summed E-state index contributed by atoms with van der Waals surface area (Å²) in [7, 11) is 0. The van der Waals surface area contributed by atoms with E-state index in [2.05, 4.69) is 30.1 Å². The van der Waals surface area contributed by atoms with Gasteiger partial charge < -0.3 is 9.88 Å². The van der Waals surface area contributed by atoms with Crippen molar-refractivity contribution in [1.82, 2.24) is 9.88 Å². The first-order valence-electron chi connectivity index (χ1n) is 8.23. The first-order chi connectivity index (χ1) is 11.6. The summed E-state index contributed by atoms with van der Waals surface area (Å²) in [6.07, 6.45) is 0.926. The van der Waals surface area contributed by atoms with Crippen molar-refractivity contribution < 1.29 is 9.18 Å². The number of H-pyrrole nitrogens is 1. The molecule has 1 N–H and O–H groups in total. The molecule has 4 heteroatoms. The number of benzene rings is 2. The van der Waals surface area contributed by atoms with E-state index < -0.39 is 0 Å². The molecule has 0 radical (unpaired) electrons. The van der Waals surface area contributed by atoms with E-state index in [4.69, 9.17) is 0 Å². The maximum atomic E-state index is 13.8. The number of fused-ring (bicyclic) bond motifs is 3. The largest absolute Gasteiger partial charge is 0.358 e. The highest BCUT2D eigenvalue weighted by atomic mass is 19.1. The van der Waals surface area contributed by atoms with Gasteiger partial charge in [-0.1, -0.05) is 29.8 Å². The lowest BCUT2D eigenvalue weighted by atomic mass is 10.0. The van der Waals surface area contributed by atoms with Crippen molar-refractivity contribution in [3.63, 3.8) is 0 Å². The molecule has 0 unspecified atom stereocenters. The van der Waals surface area contributed by atoms with Crippen LogP contribution in [0.3, 0.4) is 0 Å². The molecule has 3 nitrogen and oxygen atoms in total. The van der Waals surface area contributed by atoms with Crippen LogP contribution in [-0.2, 0) is 24.2 Å². The lowest BCUT2D eigenvalue weighted by Gasteiger charge is -2.27. The number of aromatic nitrogens is 1. The Hall–Kier alpha value is -2.62. The fraction of sp³-hybridized carbons (Fsp3) is 0.250. The first-order valence-corrected chi connectivity index (χ1v) is 8.23. The molecule has 0 saturated heterocycles. The topological polar surface area (TPSA) is 36.1 Å². The van der Waals surface area contributed by atoms with E-state index in [9.17, 15) is 9.18 Å². The first kappa shape index (κ1) is 14.9. The third-order valence-corrected chi connectivity index (χ3v) is 4.78. The second-order valence-electron chi connectivity index (χ2n) is 6.46.